The largest absolute Gasteiger partial charge is 0.514 e. The predicted molar refractivity (Wildman–Crippen MR) is 270 cm³/mol. The van der Waals surface area contributed by atoms with E-state index in [1.807, 2.05) is 16.7 Å². The van der Waals surface area contributed by atoms with E-state index in [-0.39, 0.29) is 123 Å². The lowest BCUT2D eigenvalue weighted by Gasteiger charge is -2.48. The molecule has 18 nitrogen and oxygen atoms in total. The van der Waals surface area contributed by atoms with E-state index in [1.54, 1.807) is 51.3 Å². The number of ether oxygens (including phenoxy) is 5. The molecule has 6 aliphatic rings. The summed E-state index contributed by atoms with van der Waals surface area (Å²) in [5.74, 6) is -2.38. The first-order chi connectivity index (χ1) is 35.1. The Morgan fingerprint density at radius 2 is 1.26 bits per heavy atom. The van der Waals surface area contributed by atoms with E-state index in [0.717, 1.165) is 6.42 Å². The lowest BCUT2D eigenvalue weighted by atomic mass is 9.98. The van der Waals surface area contributed by atoms with Crippen LogP contribution in [0.3, 0.4) is 0 Å². The topological polar surface area (TPSA) is 180 Å². The number of phenolic OH excluding ortho intramolecular Hbond substituents is 1. The van der Waals surface area contributed by atoms with E-state index >= 15 is 13.6 Å². The molecule has 74 heavy (non-hydrogen) atoms. The first kappa shape index (κ1) is 51.1. The lowest BCUT2D eigenvalue weighted by molar-refractivity contribution is 0.000922. The molecule has 8 heterocycles. The van der Waals surface area contributed by atoms with E-state index in [4.69, 9.17) is 56.9 Å². The van der Waals surface area contributed by atoms with E-state index in [0.29, 0.717) is 51.5 Å². The van der Waals surface area contributed by atoms with Crippen LogP contribution in [0.15, 0.2) is 36.4 Å². The number of halogens is 4. The van der Waals surface area contributed by atoms with E-state index in [1.165, 1.54) is 41.3 Å². The molecule has 0 saturated carbocycles. The fourth-order valence-corrected chi connectivity index (χ4v) is 10.9. The van der Waals surface area contributed by atoms with Crippen molar-refractivity contribution >= 4 is 58.9 Å². The van der Waals surface area contributed by atoms with Crippen LogP contribution in [-0.2, 0) is 9.47 Å². The Morgan fingerprint density at radius 3 is 1.81 bits per heavy atom. The van der Waals surface area contributed by atoms with Crippen LogP contribution >= 0.6 is 23.2 Å². The molecule has 0 unspecified atom stereocenters. The molecule has 4 atom stereocenters. The summed E-state index contributed by atoms with van der Waals surface area (Å²) in [7, 11) is 0. The van der Waals surface area contributed by atoms with Gasteiger partial charge in [-0.1, -0.05) is 35.3 Å². The Labute approximate surface area is 436 Å². The zero-order valence-electron chi connectivity index (χ0n) is 42.2. The average Bonchev–Trinajstić information content (AvgIpc) is 3.55. The molecular formula is C52H58Cl2F2N8O10. The fraction of sp³-hybridized carbons (Fsp3) is 0.500. The van der Waals surface area contributed by atoms with Gasteiger partial charge in [0.2, 0.25) is 0 Å². The number of fused-ring (bicyclic) bond motifs is 4. The van der Waals surface area contributed by atoms with Crippen molar-refractivity contribution < 1.29 is 56.7 Å². The summed E-state index contributed by atoms with van der Waals surface area (Å²) in [6.07, 6.45) is -0.0882. The molecule has 0 bridgehead atoms. The van der Waals surface area contributed by atoms with Crippen molar-refractivity contribution in [1.82, 2.24) is 29.6 Å². The molecule has 0 spiro atoms. The molecule has 10 rings (SSSR count). The smallest absolute Gasteiger partial charge is 0.507 e. The summed E-state index contributed by atoms with van der Waals surface area (Å²) in [5, 5.41) is 10.5. The minimum absolute atomic E-state index is 0.0298. The molecule has 2 aromatic heterocycles. The van der Waals surface area contributed by atoms with Crippen LogP contribution < -0.4 is 24.0 Å². The highest BCUT2D eigenvalue weighted by atomic mass is 35.5. The summed E-state index contributed by atoms with van der Waals surface area (Å²) in [4.78, 5) is 76.9. The number of nitrogens with zero attached hydrogens (tertiary/aromatic N) is 8. The zero-order valence-corrected chi connectivity index (χ0v) is 43.7. The molecule has 22 heteroatoms. The van der Waals surface area contributed by atoms with Crippen molar-refractivity contribution in [3.8, 4) is 45.5 Å². The number of carbonyl (C=O) groups excluding carboxylic acids is 4. The van der Waals surface area contributed by atoms with Gasteiger partial charge in [-0.15, -0.1) is 0 Å². The van der Waals surface area contributed by atoms with Crippen molar-refractivity contribution in [2.75, 3.05) is 81.9 Å². The first-order valence-electron chi connectivity index (χ1n) is 24.8. The summed E-state index contributed by atoms with van der Waals surface area (Å²) in [6, 6.07) is 6.57. The number of amides is 3. The van der Waals surface area contributed by atoms with Gasteiger partial charge in [-0.05, 0) is 85.6 Å². The number of hydrogen-bond acceptors (Lipinski definition) is 15. The van der Waals surface area contributed by atoms with Crippen LogP contribution in [0.5, 0.6) is 23.0 Å². The van der Waals surface area contributed by atoms with Gasteiger partial charge in [0.1, 0.15) is 91.7 Å². The number of aromatic hydroxyl groups is 1. The second-order valence-corrected chi connectivity index (χ2v) is 22.3. The quantitative estimate of drug-likeness (QED) is 0.138. The Kier molecular flexibility index (Phi) is 13.4. The molecule has 4 aromatic rings. The van der Waals surface area contributed by atoms with Crippen LogP contribution in [0.4, 0.5) is 30.0 Å². The maximum absolute atomic E-state index is 16.3. The van der Waals surface area contributed by atoms with Gasteiger partial charge in [0.25, 0.3) is 11.8 Å². The maximum atomic E-state index is 16.3. The number of hydrogen-bond donors (Lipinski definition) is 1. The summed E-state index contributed by atoms with van der Waals surface area (Å²) in [5.41, 5.74) is -2.05. The van der Waals surface area contributed by atoms with Gasteiger partial charge in [-0.2, -0.15) is 0 Å². The molecule has 6 aliphatic heterocycles. The zero-order chi connectivity index (χ0) is 52.7. The number of phenols is 1. The number of anilines is 2. The SMILES string of the molecule is C[C@H]1CCN1c1nc(-c2c(O)cccc2F)c(Cl)c2c1C(=O)N1CCN(C[C@H]3CCN3c3nc(-c4c(F)cccc4OC(=O)OC(C)(C)C)c(Cl)c4c3C(=O)N3CCN(C(=O)OC(C)(C)C)C[C@@H]3CO4)C[C@@H]1CO2. The molecule has 3 amide bonds. The molecule has 394 valence electrons. The number of aromatic nitrogens is 2. The standard InChI is InChI=1S/C52H58Cl2F2N8O10/c1-27-14-16-61(27)45-37-43(39(53)41(57-45)35-31(55)10-8-12-33(35)65)70-25-29-23-59(18-20-63(29)47(37)66)22-28-15-17-62(28)46-38-44(71-26-30-24-60(19-21-64(30)48(38)67)49(68)73-51(2,3)4)40(54)42(58-46)36-32(56)11-9-13-34(36)72-50(69)74-52(5,6)7/h8-13,27-30,65H,14-26H2,1-7H3/t27-,28+,29+,30+/m0/s1. The van der Waals surface area contributed by atoms with Gasteiger partial charge in [0, 0.05) is 71.0 Å². The predicted octanol–water partition coefficient (Wildman–Crippen LogP) is 8.27. The van der Waals surface area contributed by atoms with Gasteiger partial charge < -0.3 is 53.3 Å². The highest BCUT2D eigenvalue weighted by molar-refractivity contribution is 6.36. The minimum Gasteiger partial charge on any atom is -0.507 e. The van der Waals surface area contributed by atoms with Gasteiger partial charge in [0.15, 0.2) is 11.5 Å². The number of carbonyl (C=O) groups is 4. The van der Waals surface area contributed by atoms with Gasteiger partial charge in [-0.25, -0.2) is 28.3 Å². The number of benzene rings is 2. The highest BCUT2D eigenvalue weighted by Gasteiger charge is 2.46. The molecule has 4 saturated heterocycles. The monoisotopic (exact) mass is 1060 g/mol. The van der Waals surface area contributed by atoms with Crippen LogP contribution in [0.1, 0.15) is 82.0 Å². The maximum Gasteiger partial charge on any atom is 0.514 e. The van der Waals surface area contributed by atoms with Crippen molar-refractivity contribution in [3.05, 3.63) is 69.2 Å². The number of rotatable bonds is 7. The van der Waals surface area contributed by atoms with Gasteiger partial charge in [-0.3, -0.25) is 14.5 Å². The van der Waals surface area contributed by atoms with Crippen molar-refractivity contribution in [3.63, 3.8) is 0 Å². The van der Waals surface area contributed by atoms with E-state index in [2.05, 4.69) is 4.90 Å². The molecule has 0 radical (unpaired) electrons. The van der Waals surface area contributed by atoms with Gasteiger partial charge in [0.05, 0.1) is 23.2 Å². The third-order valence-corrected chi connectivity index (χ3v) is 14.8. The van der Waals surface area contributed by atoms with Crippen LogP contribution in [-0.4, -0.2) is 166 Å². The van der Waals surface area contributed by atoms with Crippen molar-refractivity contribution in [2.45, 2.75) is 96.7 Å². The molecule has 1 N–H and O–H groups in total. The fourth-order valence-electron chi connectivity index (χ4n) is 10.3. The second-order valence-electron chi connectivity index (χ2n) is 21.5. The summed E-state index contributed by atoms with van der Waals surface area (Å²) < 4.78 is 61.3. The summed E-state index contributed by atoms with van der Waals surface area (Å²) in [6.45, 7) is 15.4. The van der Waals surface area contributed by atoms with Crippen molar-refractivity contribution in [2.24, 2.45) is 0 Å². The van der Waals surface area contributed by atoms with Crippen LogP contribution in [0.2, 0.25) is 10.0 Å². The third kappa shape index (κ3) is 9.52. The van der Waals surface area contributed by atoms with E-state index < -0.39 is 53.1 Å². The third-order valence-electron chi connectivity index (χ3n) is 14.1. The van der Waals surface area contributed by atoms with Crippen LogP contribution in [0, 0.1) is 11.6 Å². The Balaban J connectivity index is 0.961. The minimum atomic E-state index is -1.08. The Morgan fingerprint density at radius 1 is 0.703 bits per heavy atom. The Hall–Kier alpha value is -6.38. The second kappa shape index (κ2) is 19.4. The molecule has 2 aromatic carbocycles. The normalized spacial score (nSPS) is 21.9. The lowest BCUT2D eigenvalue weighted by Crippen LogP contribution is -2.61. The number of piperazine rings is 2. The molecular weight excluding hydrogens is 1010 g/mol. The Bertz CT molecular complexity index is 2930. The summed E-state index contributed by atoms with van der Waals surface area (Å²) >= 11 is 14.2. The molecule has 0 aliphatic carbocycles. The average molecular weight is 1060 g/mol. The molecule has 4 fully saturated rings. The van der Waals surface area contributed by atoms with E-state index in [9.17, 15) is 19.5 Å². The highest BCUT2D eigenvalue weighted by Crippen LogP contribution is 2.50. The first-order valence-corrected chi connectivity index (χ1v) is 25.6. The van der Waals surface area contributed by atoms with Crippen LogP contribution in [0.25, 0.3) is 22.5 Å². The van der Waals surface area contributed by atoms with Crippen molar-refractivity contribution in [1.29, 1.82) is 0 Å². The number of pyridine rings is 2. The van der Waals surface area contributed by atoms with Gasteiger partial charge >= 0.3 is 12.2 Å².